The lowest BCUT2D eigenvalue weighted by atomic mass is 10.1. The molecule has 2 amide bonds. The first kappa shape index (κ1) is 15.1. The molecule has 3 rings (SSSR count). The molecule has 0 atom stereocenters. The van der Waals surface area contributed by atoms with Crippen LogP contribution in [-0.2, 0) is 11.2 Å². The summed E-state index contributed by atoms with van der Waals surface area (Å²) in [6, 6.07) is 8.23. The molecule has 0 saturated heterocycles. The van der Waals surface area contributed by atoms with E-state index >= 15 is 0 Å². The second-order valence-corrected chi connectivity index (χ2v) is 5.21. The zero-order valence-corrected chi connectivity index (χ0v) is 12.4. The highest BCUT2D eigenvalue weighted by molar-refractivity contribution is 6.06. The van der Waals surface area contributed by atoms with Crippen molar-refractivity contribution < 1.29 is 18.4 Å². The van der Waals surface area contributed by atoms with Crippen LogP contribution in [0.2, 0.25) is 0 Å². The zero-order chi connectivity index (χ0) is 16.6. The molecule has 6 heteroatoms. The normalized spacial score (nSPS) is 13.2. The van der Waals surface area contributed by atoms with E-state index in [-0.39, 0.29) is 12.3 Å². The van der Waals surface area contributed by atoms with Gasteiger partial charge in [-0.3, -0.25) is 9.59 Å². The fraction of sp³-hybridized carbons (Fsp3) is 0.176. The van der Waals surface area contributed by atoms with Gasteiger partial charge >= 0.3 is 0 Å². The average molecular weight is 316 g/mol. The van der Waals surface area contributed by atoms with E-state index in [0.717, 1.165) is 23.4 Å². The van der Waals surface area contributed by atoms with Crippen molar-refractivity contribution in [1.29, 1.82) is 0 Å². The molecular formula is C17H14F2N2O2. The molecule has 0 unspecified atom stereocenters. The summed E-state index contributed by atoms with van der Waals surface area (Å²) in [6.07, 6.45) is 0.251. The van der Waals surface area contributed by atoms with Crippen molar-refractivity contribution >= 4 is 23.2 Å². The Bertz CT molecular complexity index is 785. The number of anilines is 2. The van der Waals surface area contributed by atoms with Crippen LogP contribution in [0.3, 0.4) is 0 Å². The minimum atomic E-state index is -0.920. The van der Waals surface area contributed by atoms with Gasteiger partial charge in [-0.1, -0.05) is 6.07 Å². The highest BCUT2D eigenvalue weighted by Gasteiger charge is 2.26. The van der Waals surface area contributed by atoms with E-state index in [2.05, 4.69) is 5.32 Å². The number of hydrogen-bond donors (Lipinski definition) is 1. The molecule has 23 heavy (non-hydrogen) atoms. The standard InChI is InChI=1S/C17H14F2N2O2/c1-2-21-14-7-6-11(8-10(14)9-15(21)22)20-17(23)16-12(18)4-3-5-13(16)19/h3-8H,2,9H2,1H3,(H,20,23). The SMILES string of the molecule is CCN1C(=O)Cc2cc(NC(=O)c3c(F)cccc3F)ccc21. The zero-order valence-electron chi connectivity index (χ0n) is 12.4. The van der Waals surface area contributed by atoms with Gasteiger partial charge in [0.05, 0.1) is 6.42 Å². The van der Waals surface area contributed by atoms with Crippen LogP contribution in [-0.4, -0.2) is 18.4 Å². The number of nitrogens with zero attached hydrogens (tertiary/aromatic N) is 1. The summed E-state index contributed by atoms with van der Waals surface area (Å²) < 4.78 is 27.2. The number of carbonyl (C=O) groups is 2. The minimum absolute atomic E-state index is 0.00822. The minimum Gasteiger partial charge on any atom is -0.322 e. The molecule has 1 heterocycles. The molecular weight excluding hydrogens is 302 g/mol. The Morgan fingerprint density at radius 3 is 2.57 bits per heavy atom. The molecule has 0 aromatic heterocycles. The average Bonchev–Trinajstić information content (AvgIpc) is 2.81. The third kappa shape index (κ3) is 2.67. The topological polar surface area (TPSA) is 49.4 Å². The molecule has 0 spiro atoms. The molecule has 1 N–H and O–H groups in total. The Morgan fingerprint density at radius 1 is 1.22 bits per heavy atom. The van der Waals surface area contributed by atoms with E-state index in [1.807, 2.05) is 6.92 Å². The maximum atomic E-state index is 13.6. The van der Waals surface area contributed by atoms with Gasteiger partial charge < -0.3 is 10.2 Å². The third-order valence-electron chi connectivity index (χ3n) is 3.78. The fourth-order valence-electron chi connectivity index (χ4n) is 2.72. The van der Waals surface area contributed by atoms with Gasteiger partial charge in [0.2, 0.25) is 5.91 Å². The van der Waals surface area contributed by atoms with Crippen LogP contribution < -0.4 is 10.2 Å². The van der Waals surface area contributed by atoms with Crippen LogP contribution in [0.5, 0.6) is 0 Å². The first-order chi connectivity index (χ1) is 11.0. The number of rotatable bonds is 3. The molecule has 0 radical (unpaired) electrons. The molecule has 0 bridgehead atoms. The fourth-order valence-corrected chi connectivity index (χ4v) is 2.72. The molecule has 0 saturated carbocycles. The molecule has 4 nitrogen and oxygen atoms in total. The summed E-state index contributed by atoms with van der Waals surface area (Å²) >= 11 is 0. The molecule has 118 valence electrons. The Morgan fingerprint density at radius 2 is 1.91 bits per heavy atom. The van der Waals surface area contributed by atoms with Gasteiger partial charge in [0.1, 0.15) is 17.2 Å². The van der Waals surface area contributed by atoms with Crippen molar-refractivity contribution in [2.75, 3.05) is 16.8 Å². The number of halogens is 2. The molecule has 2 aromatic rings. The van der Waals surface area contributed by atoms with Crippen LogP contribution in [0.15, 0.2) is 36.4 Å². The maximum Gasteiger partial charge on any atom is 0.261 e. The Labute approximate surface area is 131 Å². The summed E-state index contributed by atoms with van der Waals surface area (Å²) in [5.74, 6) is -2.71. The second-order valence-electron chi connectivity index (χ2n) is 5.21. The van der Waals surface area contributed by atoms with Crippen LogP contribution in [0.4, 0.5) is 20.2 Å². The van der Waals surface area contributed by atoms with Gasteiger partial charge in [-0.25, -0.2) is 8.78 Å². The summed E-state index contributed by atoms with van der Waals surface area (Å²) in [5, 5.41) is 2.47. The van der Waals surface area contributed by atoms with Crippen LogP contribution in [0, 0.1) is 11.6 Å². The van der Waals surface area contributed by atoms with Gasteiger partial charge in [-0.05, 0) is 42.8 Å². The number of benzene rings is 2. The van der Waals surface area contributed by atoms with Crippen LogP contribution in [0.1, 0.15) is 22.8 Å². The summed E-state index contributed by atoms with van der Waals surface area (Å²) in [7, 11) is 0. The summed E-state index contributed by atoms with van der Waals surface area (Å²) in [4.78, 5) is 25.6. The smallest absolute Gasteiger partial charge is 0.261 e. The van der Waals surface area contributed by atoms with Gasteiger partial charge in [-0.2, -0.15) is 0 Å². The van der Waals surface area contributed by atoms with Gasteiger partial charge in [0, 0.05) is 17.9 Å². The molecule has 1 aliphatic heterocycles. The van der Waals surface area contributed by atoms with E-state index < -0.39 is 23.1 Å². The van der Waals surface area contributed by atoms with Crippen molar-refractivity contribution in [3.63, 3.8) is 0 Å². The largest absolute Gasteiger partial charge is 0.322 e. The summed E-state index contributed by atoms with van der Waals surface area (Å²) in [6.45, 7) is 2.45. The van der Waals surface area contributed by atoms with Crippen molar-refractivity contribution in [2.24, 2.45) is 0 Å². The Hall–Kier alpha value is -2.76. The van der Waals surface area contributed by atoms with Gasteiger partial charge in [0.25, 0.3) is 5.91 Å². The monoisotopic (exact) mass is 316 g/mol. The Kier molecular flexibility index (Phi) is 3.82. The number of fused-ring (bicyclic) bond motifs is 1. The van der Waals surface area contributed by atoms with Gasteiger partial charge in [-0.15, -0.1) is 0 Å². The first-order valence-corrected chi connectivity index (χ1v) is 7.20. The number of likely N-dealkylation sites (N-methyl/N-ethyl adjacent to an activating group) is 1. The Balaban J connectivity index is 1.86. The van der Waals surface area contributed by atoms with E-state index in [9.17, 15) is 18.4 Å². The highest BCUT2D eigenvalue weighted by atomic mass is 19.1. The lowest BCUT2D eigenvalue weighted by Crippen LogP contribution is -2.25. The van der Waals surface area contributed by atoms with E-state index in [4.69, 9.17) is 0 Å². The van der Waals surface area contributed by atoms with Crippen molar-refractivity contribution in [3.8, 4) is 0 Å². The molecule has 1 aliphatic rings. The third-order valence-corrected chi connectivity index (χ3v) is 3.78. The molecule has 2 aromatic carbocycles. The predicted octanol–water partition coefficient (Wildman–Crippen LogP) is 3.13. The van der Waals surface area contributed by atoms with Crippen LogP contribution >= 0.6 is 0 Å². The first-order valence-electron chi connectivity index (χ1n) is 7.20. The second kappa shape index (κ2) is 5.79. The number of amides is 2. The summed E-state index contributed by atoms with van der Waals surface area (Å²) in [5.41, 5.74) is 1.35. The maximum absolute atomic E-state index is 13.6. The van der Waals surface area contributed by atoms with E-state index in [1.54, 1.807) is 23.1 Å². The van der Waals surface area contributed by atoms with Crippen molar-refractivity contribution in [2.45, 2.75) is 13.3 Å². The number of carbonyl (C=O) groups excluding carboxylic acids is 2. The van der Waals surface area contributed by atoms with E-state index in [0.29, 0.717) is 12.2 Å². The lowest BCUT2D eigenvalue weighted by molar-refractivity contribution is -0.117. The molecule has 0 aliphatic carbocycles. The van der Waals surface area contributed by atoms with Crippen LogP contribution in [0.25, 0.3) is 0 Å². The van der Waals surface area contributed by atoms with Gasteiger partial charge in [0.15, 0.2) is 0 Å². The number of hydrogen-bond acceptors (Lipinski definition) is 2. The van der Waals surface area contributed by atoms with Crippen molar-refractivity contribution in [1.82, 2.24) is 0 Å². The van der Waals surface area contributed by atoms with Crippen molar-refractivity contribution in [3.05, 3.63) is 59.2 Å². The predicted molar refractivity (Wildman–Crippen MR) is 82.5 cm³/mol. The highest BCUT2D eigenvalue weighted by Crippen LogP contribution is 2.31. The lowest BCUT2D eigenvalue weighted by Gasteiger charge is -2.15. The molecule has 0 fully saturated rings. The number of nitrogens with one attached hydrogen (secondary N) is 1. The quantitative estimate of drug-likeness (QED) is 0.946. The van der Waals surface area contributed by atoms with E-state index in [1.165, 1.54) is 6.07 Å².